The summed E-state index contributed by atoms with van der Waals surface area (Å²) in [6, 6.07) is 19.9. The van der Waals surface area contributed by atoms with Crippen molar-refractivity contribution in [3.05, 3.63) is 72.8 Å². The van der Waals surface area contributed by atoms with Crippen LogP contribution in [0.5, 0.6) is 17.2 Å². The molecule has 0 atom stereocenters. The molecular formula is C25H24N4O6S2. The van der Waals surface area contributed by atoms with Crippen LogP contribution in [0.15, 0.2) is 77.7 Å². The smallest absolute Gasteiger partial charge is 0.264 e. The molecule has 4 aromatic rings. The molecule has 192 valence electrons. The van der Waals surface area contributed by atoms with Gasteiger partial charge in [-0.1, -0.05) is 29.5 Å². The average molecular weight is 541 g/mol. The van der Waals surface area contributed by atoms with E-state index in [1.165, 1.54) is 43.8 Å². The molecule has 10 nitrogen and oxygen atoms in total. The van der Waals surface area contributed by atoms with Crippen LogP contribution in [0.2, 0.25) is 0 Å². The van der Waals surface area contributed by atoms with Crippen molar-refractivity contribution in [2.75, 3.05) is 37.5 Å². The monoisotopic (exact) mass is 540 g/mol. The maximum Gasteiger partial charge on any atom is 0.264 e. The van der Waals surface area contributed by atoms with Crippen molar-refractivity contribution in [3.63, 3.8) is 0 Å². The Balaban J connectivity index is 1.58. The Kier molecular flexibility index (Phi) is 7.89. The van der Waals surface area contributed by atoms with Crippen LogP contribution in [0.25, 0.3) is 10.6 Å². The van der Waals surface area contributed by atoms with E-state index < -0.39 is 22.5 Å². The SMILES string of the molecule is COc1ccc(-c2nnc(NC(=O)CN(c3ccccc3)S(=O)(=O)c3ccc(OC)c(OC)c3)s2)cc1. The zero-order chi connectivity index (χ0) is 26.4. The molecule has 12 heteroatoms. The van der Waals surface area contributed by atoms with Gasteiger partial charge >= 0.3 is 0 Å². The minimum absolute atomic E-state index is 0.0560. The highest BCUT2D eigenvalue weighted by atomic mass is 32.2. The number of ether oxygens (including phenoxy) is 3. The van der Waals surface area contributed by atoms with E-state index in [9.17, 15) is 13.2 Å². The molecule has 0 spiro atoms. The highest BCUT2D eigenvalue weighted by Crippen LogP contribution is 2.32. The third-order valence-corrected chi connectivity index (χ3v) is 7.94. The second kappa shape index (κ2) is 11.3. The standard InChI is InChI=1S/C25H24N4O6S2/c1-33-19-11-9-17(10-12-19)24-27-28-25(36-24)26-23(30)16-29(18-7-5-4-6-8-18)37(31,32)20-13-14-21(34-2)22(15-20)35-3/h4-15H,16H2,1-3H3,(H,26,28,30). The first-order valence-electron chi connectivity index (χ1n) is 10.9. The first-order chi connectivity index (χ1) is 17.8. The summed E-state index contributed by atoms with van der Waals surface area (Å²) < 4.78 is 43.9. The third kappa shape index (κ3) is 5.81. The van der Waals surface area contributed by atoms with Gasteiger partial charge in [0.05, 0.1) is 31.9 Å². The summed E-state index contributed by atoms with van der Waals surface area (Å²) in [7, 11) is 0.304. The van der Waals surface area contributed by atoms with Gasteiger partial charge < -0.3 is 14.2 Å². The lowest BCUT2D eigenvalue weighted by molar-refractivity contribution is -0.114. The molecule has 1 amide bonds. The molecule has 0 saturated heterocycles. The molecular weight excluding hydrogens is 516 g/mol. The number of hydrogen-bond acceptors (Lipinski definition) is 9. The number of amides is 1. The topological polar surface area (TPSA) is 120 Å². The maximum atomic E-state index is 13.6. The number of hydrogen-bond donors (Lipinski definition) is 1. The molecule has 0 bridgehead atoms. The van der Waals surface area contributed by atoms with Crippen molar-refractivity contribution in [2.45, 2.75) is 4.90 Å². The Morgan fingerprint density at radius 1 is 0.892 bits per heavy atom. The van der Waals surface area contributed by atoms with Crippen molar-refractivity contribution >= 4 is 38.1 Å². The summed E-state index contributed by atoms with van der Waals surface area (Å²) in [5, 5.41) is 11.6. The predicted molar refractivity (Wildman–Crippen MR) is 141 cm³/mol. The number of benzene rings is 3. The first-order valence-corrected chi connectivity index (χ1v) is 13.2. The van der Waals surface area contributed by atoms with Crippen LogP contribution in [0.3, 0.4) is 0 Å². The number of rotatable bonds is 10. The van der Waals surface area contributed by atoms with E-state index in [2.05, 4.69) is 15.5 Å². The van der Waals surface area contributed by atoms with Gasteiger partial charge in [0.25, 0.3) is 10.0 Å². The normalized spacial score (nSPS) is 11.0. The largest absolute Gasteiger partial charge is 0.497 e. The lowest BCUT2D eigenvalue weighted by Gasteiger charge is -2.24. The molecule has 0 fully saturated rings. The Bertz CT molecular complexity index is 1470. The molecule has 0 aliphatic carbocycles. The molecule has 0 aliphatic rings. The molecule has 0 radical (unpaired) electrons. The van der Waals surface area contributed by atoms with Crippen molar-refractivity contribution in [1.82, 2.24) is 10.2 Å². The summed E-state index contributed by atoms with van der Waals surface area (Å²) in [6.45, 7) is -0.488. The van der Waals surface area contributed by atoms with Gasteiger partial charge in [0.2, 0.25) is 11.0 Å². The van der Waals surface area contributed by atoms with Crippen molar-refractivity contribution in [1.29, 1.82) is 0 Å². The van der Waals surface area contributed by atoms with Gasteiger partial charge in [0.1, 0.15) is 17.3 Å². The molecule has 0 unspecified atom stereocenters. The minimum atomic E-state index is -4.15. The molecule has 0 aliphatic heterocycles. The minimum Gasteiger partial charge on any atom is -0.497 e. The second-order valence-electron chi connectivity index (χ2n) is 7.55. The zero-order valence-corrected chi connectivity index (χ0v) is 21.9. The Hall–Kier alpha value is -4.16. The van der Waals surface area contributed by atoms with Gasteiger partial charge in [0.15, 0.2) is 11.5 Å². The zero-order valence-electron chi connectivity index (χ0n) is 20.2. The lowest BCUT2D eigenvalue weighted by Crippen LogP contribution is -2.38. The summed E-state index contributed by atoms with van der Waals surface area (Å²) in [6.07, 6.45) is 0. The van der Waals surface area contributed by atoms with Crippen LogP contribution in [-0.4, -0.2) is 52.4 Å². The Labute approximate surface area is 218 Å². The number of nitrogens with zero attached hydrogens (tertiary/aromatic N) is 3. The summed E-state index contributed by atoms with van der Waals surface area (Å²) in [5.41, 5.74) is 1.13. The predicted octanol–water partition coefficient (Wildman–Crippen LogP) is 4.06. The highest BCUT2D eigenvalue weighted by Gasteiger charge is 2.28. The number of carbonyl (C=O) groups excluding carboxylic acids is 1. The van der Waals surface area contributed by atoms with E-state index in [1.807, 2.05) is 12.1 Å². The van der Waals surface area contributed by atoms with Crippen molar-refractivity contribution in [2.24, 2.45) is 0 Å². The van der Waals surface area contributed by atoms with E-state index in [-0.39, 0.29) is 15.8 Å². The van der Waals surface area contributed by atoms with Crippen molar-refractivity contribution in [3.8, 4) is 27.8 Å². The van der Waals surface area contributed by atoms with Crippen LogP contribution in [0.1, 0.15) is 0 Å². The van der Waals surface area contributed by atoms with E-state index in [0.717, 1.165) is 9.87 Å². The number of carbonyl (C=O) groups is 1. The Morgan fingerprint density at radius 2 is 1.59 bits per heavy atom. The number of methoxy groups -OCH3 is 3. The number of anilines is 2. The maximum absolute atomic E-state index is 13.6. The van der Waals surface area contributed by atoms with Gasteiger partial charge in [-0.25, -0.2) is 8.42 Å². The molecule has 1 heterocycles. The van der Waals surface area contributed by atoms with E-state index in [1.54, 1.807) is 49.6 Å². The Morgan fingerprint density at radius 3 is 2.24 bits per heavy atom. The van der Waals surface area contributed by atoms with Crippen LogP contribution in [0, 0.1) is 0 Å². The fourth-order valence-corrected chi connectivity index (χ4v) is 5.63. The van der Waals surface area contributed by atoms with Gasteiger partial charge in [-0.15, -0.1) is 10.2 Å². The molecule has 1 aromatic heterocycles. The molecule has 0 saturated carbocycles. The number of nitrogens with one attached hydrogen (secondary N) is 1. The third-order valence-electron chi connectivity index (χ3n) is 5.28. The average Bonchev–Trinajstić information content (AvgIpc) is 3.40. The fraction of sp³-hybridized carbons (Fsp3) is 0.160. The summed E-state index contributed by atoms with van der Waals surface area (Å²) in [5.74, 6) is 0.763. The molecule has 4 rings (SSSR count). The molecule has 3 aromatic carbocycles. The van der Waals surface area contributed by atoms with Gasteiger partial charge in [-0.2, -0.15) is 0 Å². The molecule has 37 heavy (non-hydrogen) atoms. The fourth-order valence-electron chi connectivity index (χ4n) is 3.43. The van der Waals surface area contributed by atoms with Gasteiger partial charge in [-0.05, 0) is 48.5 Å². The van der Waals surface area contributed by atoms with Crippen LogP contribution < -0.4 is 23.8 Å². The lowest BCUT2D eigenvalue weighted by atomic mass is 10.2. The van der Waals surface area contributed by atoms with E-state index >= 15 is 0 Å². The second-order valence-corrected chi connectivity index (χ2v) is 10.4. The quantitative estimate of drug-likeness (QED) is 0.320. The summed E-state index contributed by atoms with van der Waals surface area (Å²) in [4.78, 5) is 12.9. The number of para-hydroxylation sites is 1. The van der Waals surface area contributed by atoms with Crippen molar-refractivity contribution < 1.29 is 27.4 Å². The van der Waals surface area contributed by atoms with Crippen LogP contribution in [-0.2, 0) is 14.8 Å². The highest BCUT2D eigenvalue weighted by molar-refractivity contribution is 7.92. The summed E-state index contributed by atoms with van der Waals surface area (Å²) >= 11 is 1.17. The van der Waals surface area contributed by atoms with E-state index in [4.69, 9.17) is 14.2 Å². The number of aromatic nitrogens is 2. The van der Waals surface area contributed by atoms with Crippen LogP contribution in [0.4, 0.5) is 10.8 Å². The van der Waals surface area contributed by atoms with E-state index in [0.29, 0.717) is 22.2 Å². The van der Waals surface area contributed by atoms with Crippen LogP contribution >= 0.6 is 11.3 Å². The first kappa shape index (κ1) is 25.9. The number of sulfonamides is 1. The van der Waals surface area contributed by atoms with Gasteiger partial charge in [-0.3, -0.25) is 14.4 Å². The van der Waals surface area contributed by atoms with Gasteiger partial charge in [0, 0.05) is 11.6 Å². The molecule has 1 N–H and O–H groups in total.